The maximum absolute atomic E-state index is 12.5. The van der Waals surface area contributed by atoms with Crippen LogP contribution in [0.4, 0.5) is 18.9 Å². The highest BCUT2D eigenvalue weighted by molar-refractivity contribution is 6.31. The summed E-state index contributed by atoms with van der Waals surface area (Å²) in [5.41, 5.74) is -2.31. The van der Waals surface area contributed by atoms with Crippen LogP contribution in [0.25, 0.3) is 0 Å². The molecule has 1 rings (SSSR count). The number of rotatable bonds is 4. The fourth-order valence-corrected chi connectivity index (χ4v) is 1.69. The highest BCUT2D eigenvalue weighted by atomic mass is 35.5. The van der Waals surface area contributed by atoms with E-state index in [1.807, 2.05) is 0 Å². The number of carbonyl (C=O) groups excluding carboxylic acids is 2. The first-order chi connectivity index (χ1) is 9.09. The normalized spacial score (nSPS) is 12.1. The quantitative estimate of drug-likeness (QED) is 0.684. The smallest absolute Gasteiger partial charge is 0.325 e. The van der Waals surface area contributed by atoms with Gasteiger partial charge in [-0.15, -0.1) is 11.6 Å². The molecule has 1 amide bonds. The zero-order valence-corrected chi connectivity index (χ0v) is 11.6. The summed E-state index contributed by atoms with van der Waals surface area (Å²) in [5.74, 6) is -1.56. The number of benzene rings is 1. The van der Waals surface area contributed by atoms with Crippen molar-refractivity contribution in [1.82, 2.24) is 0 Å². The summed E-state index contributed by atoms with van der Waals surface area (Å²) >= 11 is 5.39. The first kappa shape index (κ1) is 16.5. The number of ketones is 1. The Labute approximate surface area is 119 Å². The predicted octanol–water partition coefficient (Wildman–Crippen LogP) is 3.48. The lowest BCUT2D eigenvalue weighted by atomic mass is 9.87. The number of nitrogens with one attached hydrogen (secondary N) is 1. The summed E-state index contributed by atoms with van der Waals surface area (Å²) in [5, 5.41) is 2.29. The van der Waals surface area contributed by atoms with E-state index in [9.17, 15) is 22.8 Å². The molecule has 0 aliphatic rings. The minimum absolute atomic E-state index is 0.0275. The van der Waals surface area contributed by atoms with Crippen LogP contribution in [0.15, 0.2) is 24.3 Å². The zero-order valence-electron chi connectivity index (χ0n) is 10.8. The second-order valence-electron chi connectivity index (χ2n) is 4.71. The Morgan fingerprint density at radius 1 is 1.25 bits per heavy atom. The molecule has 110 valence electrons. The third kappa shape index (κ3) is 3.72. The number of carbonyl (C=O) groups is 2. The van der Waals surface area contributed by atoms with Gasteiger partial charge in [-0.25, -0.2) is 0 Å². The molecule has 1 N–H and O–H groups in total. The fraction of sp³-hybridized carbons (Fsp3) is 0.385. The van der Waals surface area contributed by atoms with Crippen molar-refractivity contribution in [3.63, 3.8) is 0 Å². The van der Waals surface area contributed by atoms with Crippen molar-refractivity contribution in [1.29, 1.82) is 0 Å². The van der Waals surface area contributed by atoms with Gasteiger partial charge in [-0.05, 0) is 32.0 Å². The molecule has 1 aromatic carbocycles. The molecule has 0 heterocycles. The van der Waals surface area contributed by atoms with Crippen molar-refractivity contribution in [2.75, 3.05) is 11.2 Å². The molecule has 3 nitrogen and oxygen atoms in total. The number of amides is 1. The van der Waals surface area contributed by atoms with E-state index < -0.39 is 28.8 Å². The van der Waals surface area contributed by atoms with E-state index in [-0.39, 0.29) is 11.6 Å². The fourth-order valence-electron chi connectivity index (χ4n) is 1.35. The van der Waals surface area contributed by atoms with E-state index in [1.165, 1.54) is 26.0 Å². The monoisotopic (exact) mass is 307 g/mol. The summed E-state index contributed by atoms with van der Waals surface area (Å²) in [6.07, 6.45) is -4.50. The number of anilines is 1. The van der Waals surface area contributed by atoms with Gasteiger partial charge in [0.2, 0.25) is 5.91 Å². The van der Waals surface area contributed by atoms with Gasteiger partial charge < -0.3 is 5.32 Å². The molecule has 1 aromatic rings. The van der Waals surface area contributed by atoms with Crippen LogP contribution in [0.2, 0.25) is 0 Å². The number of hydrogen-bond donors (Lipinski definition) is 1. The maximum atomic E-state index is 12.5. The van der Waals surface area contributed by atoms with Crippen molar-refractivity contribution in [2.45, 2.75) is 20.0 Å². The molecule has 0 aromatic heterocycles. The van der Waals surface area contributed by atoms with Gasteiger partial charge in [0, 0.05) is 5.69 Å². The van der Waals surface area contributed by atoms with E-state index in [2.05, 4.69) is 5.32 Å². The first-order valence-electron chi connectivity index (χ1n) is 5.67. The molecule has 0 fully saturated rings. The predicted molar refractivity (Wildman–Crippen MR) is 69.6 cm³/mol. The van der Waals surface area contributed by atoms with E-state index in [0.717, 1.165) is 12.1 Å². The van der Waals surface area contributed by atoms with Gasteiger partial charge in [-0.3, -0.25) is 9.59 Å². The number of halogens is 4. The van der Waals surface area contributed by atoms with Crippen molar-refractivity contribution < 1.29 is 22.8 Å². The summed E-state index contributed by atoms with van der Waals surface area (Å²) in [6, 6.07) is 4.19. The number of alkyl halides is 4. The lowest BCUT2D eigenvalue weighted by molar-refractivity contribution is -0.138. The largest absolute Gasteiger partial charge is 0.416 e. The third-order valence-electron chi connectivity index (χ3n) is 2.83. The molecule has 0 saturated carbocycles. The third-order valence-corrected chi connectivity index (χ3v) is 3.08. The van der Waals surface area contributed by atoms with E-state index in [4.69, 9.17) is 11.6 Å². The Bertz CT molecular complexity index is 527. The highest BCUT2D eigenvalue weighted by Crippen LogP contribution is 2.31. The summed E-state index contributed by atoms with van der Waals surface area (Å²) < 4.78 is 37.6. The van der Waals surface area contributed by atoms with Crippen molar-refractivity contribution in [2.24, 2.45) is 5.41 Å². The average molecular weight is 308 g/mol. The highest BCUT2D eigenvalue weighted by Gasteiger charge is 2.35. The topological polar surface area (TPSA) is 46.2 Å². The minimum Gasteiger partial charge on any atom is -0.325 e. The van der Waals surface area contributed by atoms with Crippen LogP contribution in [0.3, 0.4) is 0 Å². The van der Waals surface area contributed by atoms with Gasteiger partial charge in [0.1, 0.15) is 5.41 Å². The Morgan fingerprint density at radius 2 is 1.85 bits per heavy atom. The van der Waals surface area contributed by atoms with Crippen LogP contribution in [-0.2, 0) is 15.8 Å². The van der Waals surface area contributed by atoms with Crippen LogP contribution in [0.5, 0.6) is 0 Å². The molecule has 20 heavy (non-hydrogen) atoms. The van der Waals surface area contributed by atoms with Gasteiger partial charge in [-0.1, -0.05) is 6.07 Å². The van der Waals surface area contributed by atoms with Gasteiger partial charge in [0.25, 0.3) is 0 Å². The summed E-state index contributed by atoms with van der Waals surface area (Å²) in [7, 11) is 0. The molecule has 0 aliphatic carbocycles. The minimum atomic E-state index is -4.50. The van der Waals surface area contributed by atoms with Crippen molar-refractivity contribution >= 4 is 29.0 Å². The van der Waals surface area contributed by atoms with Gasteiger partial charge >= 0.3 is 6.18 Å². The molecule has 0 saturated heterocycles. The summed E-state index contributed by atoms with van der Waals surface area (Å²) in [6.45, 7) is 2.72. The van der Waals surface area contributed by atoms with Crippen molar-refractivity contribution in [3.05, 3.63) is 29.8 Å². The molecule has 0 spiro atoms. The first-order valence-corrected chi connectivity index (χ1v) is 6.20. The summed E-state index contributed by atoms with van der Waals surface area (Å²) in [4.78, 5) is 23.4. The SMILES string of the molecule is CC(C)(C(=O)CCl)C(=O)Nc1cccc(C(F)(F)F)c1. The van der Waals surface area contributed by atoms with Crippen molar-refractivity contribution in [3.8, 4) is 0 Å². The maximum Gasteiger partial charge on any atom is 0.416 e. The van der Waals surface area contributed by atoms with Crippen LogP contribution < -0.4 is 5.32 Å². The Morgan fingerprint density at radius 3 is 2.35 bits per heavy atom. The molecular weight excluding hydrogens is 295 g/mol. The van der Waals surface area contributed by atoms with E-state index in [0.29, 0.717) is 0 Å². The lowest BCUT2D eigenvalue weighted by Gasteiger charge is -2.21. The molecule has 0 unspecified atom stereocenters. The Kier molecular flexibility index (Phi) is 4.81. The van der Waals surface area contributed by atoms with E-state index in [1.54, 1.807) is 0 Å². The van der Waals surface area contributed by atoms with Crippen LogP contribution in [0, 0.1) is 5.41 Å². The van der Waals surface area contributed by atoms with Crippen LogP contribution in [0.1, 0.15) is 19.4 Å². The Hall–Kier alpha value is -1.56. The van der Waals surface area contributed by atoms with Gasteiger partial charge in [0.05, 0.1) is 11.4 Å². The molecule has 7 heteroatoms. The van der Waals surface area contributed by atoms with E-state index >= 15 is 0 Å². The number of Topliss-reactive ketones (excluding diaryl/α,β-unsaturated/α-hetero) is 1. The van der Waals surface area contributed by atoms with Gasteiger partial charge in [0.15, 0.2) is 5.78 Å². The second-order valence-corrected chi connectivity index (χ2v) is 4.98. The average Bonchev–Trinajstić information content (AvgIpc) is 2.36. The molecule has 0 atom stereocenters. The Balaban J connectivity index is 2.95. The molecule has 0 bridgehead atoms. The second kappa shape index (κ2) is 5.83. The van der Waals surface area contributed by atoms with Crippen LogP contribution in [-0.4, -0.2) is 17.6 Å². The molecule has 0 radical (unpaired) electrons. The number of hydrogen-bond acceptors (Lipinski definition) is 2. The lowest BCUT2D eigenvalue weighted by Crippen LogP contribution is -2.38. The van der Waals surface area contributed by atoms with Gasteiger partial charge in [-0.2, -0.15) is 13.2 Å². The van der Waals surface area contributed by atoms with Crippen LogP contribution >= 0.6 is 11.6 Å². The zero-order chi connectivity index (χ0) is 15.6. The standard InChI is InChI=1S/C13H13ClF3NO2/c1-12(2,10(19)7-14)11(20)18-9-5-3-4-8(6-9)13(15,16)17/h3-6H,7H2,1-2H3,(H,18,20). The molecular formula is C13H13ClF3NO2. The molecule has 0 aliphatic heterocycles.